The molecular formula is C20H32. The van der Waals surface area contributed by atoms with Crippen LogP contribution in [0.25, 0.3) is 0 Å². The molecule has 0 bridgehead atoms. The lowest BCUT2D eigenvalue weighted by Crippen LogP contribution is -2.61. The molecule has 1 spiro atoms. The molecule has 5 atom stereocenters. The summed E-state index contributed by atoms with van der Waals surface area (Å²) in [7, 11) is 0. The van der Waals surface area contributed by atoms with Gasteiger partial charge in [0.25, 0.3) is 0 Å². The fraction of sp³-hybridized carbons (Fsp3) is 0.900. The lowest BCUT2D eigenvalue weighted by molar-refractivity contribution is -0.183. The molecule has 0 N–H and O–H groups in total. The molecule has 0 nitrogen and oxygen atoms in total. The highest BCUT2D eigenvalue weighted by Gasteiger charge is 2.64. The smallest absolute Gasteiger partial charge is 0.0146 e. The molecule has 0 amide bonds. The Balaban J connectivity index is 1.76. The summed E-state index contributed by atoms with van der Waals surface area (Å²) in [6.45, 7) is 10.2. The largest absolute Gasteiger partial charge is 0.0850 e. The van der Waals surface area contributed by atoms with Crippen molar-refractivity contribution in [1.82, 2.24) is 0 Å². The van der Waals surface area contributed by atoms with Gasteiger partial charge >= 0.3 is 0 Å². The summed E-state index contributed by atoms with van der Waals surface area (Å²) in [4.78, 5) is 0. The van der Waals surface area contributed by atoms with Gasteiger partial charge in [0.1, 0.15) is 0 Å². The van der Waals surface area contributed by atoms with Gasteiger partial charge in [-0.2, -0.15) is 0 Å². The van der Waals surface area contributed by atoms with Crippen molar-refractivity contribution in [1.29, 1.82) is 0 Å². The lowest BCUT2D eigenvalue weighted by atomic mass is 9.35. The maximum Gasteiger partial charge on any atom is -0.0146 e. The van der Waals surface area contributed by atoms with Gasteiger partial charge in [0, 0.05) is 0 Å². The summed E-state index contributed by atoms with van der Waals surface area (Å²) >= 11 is 0. The third-order valence-electron chi connectivity index (χ3n) is 8.48. The van der Waals surface area contributed by atoms with Crippen LogP contribution in [0.3, 0.4) is 0 Å². The topological polar surface area (TPSA) is 0 Å². The van der Waals surface area contributed by atoms with Crippen molar-refractivity contribution in [3.05, 3.63) is 11.6 Å². The Bertz CT molecular complexity index is 457. The van der Waals surface area contributed by atoms with Crippen molar-refractivity contribution in [3.63, 3.8) is 0 Å². The normalized spacial score (nSPS) is 53.0. The molecule has 3 fully saturated rings. The highest BCUT2D eigenvalue weighted by Crippen LogP contribution is 2.73. The zero-order valence-electron chi connectivity index (χ0n) is 14.0. The molecule has 0 unspecified atom stereocenters. The monoisotopic (exact) mass is 272 g/mol. The zero-order chi connectivity index (χ0) is 14.2. The summed E-state index contributed by atoms with van der Waals surface area (Å²) in [6, 6.07) is 0. The molecule has 20 heavy (non-hydrogen) atoms. The number of fused-ring (bicyclic) bond motifs is 2. The van der Waals surface area contributed by atoms with Gasteiger partial charge in [-0.15, -0.1) is 0 Å². The molecule has 0 radical (unpaired) electrons. The molecule has 4 rings (SSSR count). The van der Waals surface area contributed by atoms with Crippen LogP contribution in [0.1, 0.15) is 79.1 Å². The standard InChI is InChI=1S/C20H32/c1-14-6-7-17-19(4)11-5-10-18(2,3)16(19)9-13-20(17)12-8-15(14)20/h6,15-17H,5,7-13H2,1-4H3/t15-,16+,17-,19+,20+/m1/s1. The predicted molar refractivity (Wildman–Crippen MR) is 85.5 cm³/mol. The predicted octanol–water partition coefficient (Wildman–Crippen LogP) is 5.98. The molecule has 4 aliphatic carbocycles. The van der Waals surface area contributed by atoms with E-state index in [1.54, 1.807) is 5.57 Å². The molecule has 0 aliphatic heterocycles. The lowest BCUT2D eigenvalue weighted by Gasteiger charge is -2.69. The summed E-state index contributed by atoms with van der Waals surface area (Å²) < 4.78 is 0. The molecule has 0 saturated heterocycles. The van der Waals surface area contributed by atoms with E-state index in [0.29, 0.717) is 10.8 Å². The third-order valence-corrected chi connectivity index (χ3v) is 8.48. The molecule has 112 valence electrons. The van der Waals surface area contributed by atoms with Gasteiger partial charge in [-0.25, -0.2) is 0 Å². The fourth-order valence-electron chi connectivity index (χ4n) is 7.55. The third kappa shape index (κ3) is 1.44. The van der Waals surface area contributed by atoms with E-state index in [1.807, 2.05) is 0 Å². The summed E-state index contributed by atoms with van der Waals surface area (Å²) in [6.07, 6.45) is 14.5. The minimum Gasteiger partial charge on any atom is -0.0850 e. The Labute approximate surface area is 125 Å². The molecular weight excluding hydrogens is 240 g/mol. The Kier molecular flexibility index (Phi) is 2.63. The van der Waals surface area contributed by atoms with Gasteiger partial charge in [0.05, 0.1) is 0 Å². The first-order valence-corrected chi connectivity index (χ1v) is 9.07. The van der Waals surface area contributed by atoms with Crippen molar-refractivity contribution in [3.8, 4) is 0 Å². The highest BCUT2D eigenvalue weighted by molar-refractivity contribution is 5.25. The van der Waals surface area contributed by atoms with E-state index in [0.717, 1.165) is 23.2 Å². The fourth-order valence-corrected chi connectivity index (χ4v) is 7.55. The van der Waals surface area contributed by atoms with Crippen LogP contribution < -0.4 is 0 Å². The molecule has 4 aliphatic rings. The van der Waals surface area contributed by atoms with Crippen LogP contribution in [0.15, 0.2) is 11.6 Å². The van der Waals surface area contributed by atoms with Crippen LogP contribution >= 0.6 is 0 Å². The minimum absolute atomic E-state index is 0.587. The van der Waals surface area contributed by atoms with Crippen molar-refractivity contribution in [2.45, 2.75) is 79.1 Å². The van der Waals surface area contributed by atoms with Crippen LogP contribution in [-0.2, 0) is 0 Å². The number of allylic oxidation sites excluding steroid dienone is 2. The van der Waals surface area contributed by atoms with Gasteiger partial charge < -0.3 is 0 Å². The second-order valence-electron chi connectivity index (χ2n) is 9.50. The van der Waals surface area contributed by atoms with Crippen molar-refractivity contribution < 1.29 is 0 Å². The summed E-state index contributed by atoms with van der Waals surface area (Å²) in [5, 5.41) is 0. The van der Waals surface area contributed by atoms with Crippen molar-refractivity contribution in [2.24, 2.45) is 34.0 Å². The number of hydrogen-bond acceptors (Lipinski definition) is 0. The number of rotatable bonds is 0. The van der Waals surface area contributed by atoms with Gasteiger partial charge in [-0.1, -0.05) is 38.8 Å². The van der Waals surface area contributed by atoms with Crippen LogP contribution in [0.5, 0.6) is 0 Å². The van der Waals surface area contributed by atoms with Crippen LogP contribution in [0.2, 0.25) is 0 Å². The van der Waals surface area contributed by atoms with Crippen LogP contribution in [-0.4, -0.2) is 0 Å². The molecule has 0 heteroatoms. The average Bonchev–Trinajstić information content (AvgIpc) is 2.32. The van der Waals surface area contributed by atoms with E-state index in [-0.39, 0.29) is 0 Å². The first-order valence-electron chi connectivity index (χ1n) is 9.07. The molecule has 0 aromatic rings. The van der Waals surface area contributed by atoms with Crippen LogP contribution in [0.4, 0.5) is 0 Å². The van der Waals surface area contributed by atoms with Gasteiger partial charge in [-0.3, -0.25) is 0 Å². The Morgan fingerprint density at radius 2 is 1.70 bits per heavy atom. The Morgan fingerprint density at radius 1 is 0.950 bits per heavy atom. The zero-order valence-corrected chi connectivity index (χ0v) is 14.0. The van der Waals surface area contributed by atoms with E-state index >= 15 is 0 Å². The maximum atomic E-state index is 2.69. The van der Waals surface area contributed by atoms with Gasteiger partial charge in [0.15, 0.2) is 0 Å². The van der Waals surface area contributed by atoms with E-state index < -0.39 is 0 Å². The first kappa shape index (κ1) is 13.4. The van der Waals surface area contributed by atoms with E-state index in [1.165, 1.54) is 51.4 Å². The maximum absolute atomic E-state index is 2.69. The summed E-state index contributed by atoms with van der Waals surface area (Å²) in [5.74, 6) is 2.94. The van der Waals surface area contributed by atoms with E-state index in [2.05, 4.69) is 33.8 Å². The van der Waals surface area contributed by atoms with Crippen LogP contribution in [0, 0.1) is 34.0 Å². The molecule has 0 aromatic carbocycles. The average molecular weight is 272 g/mol. The SMILES string of the molecule is CC1=CC[C@@H]2[C@@]3(C)CCCC(C)(C)[C@@H]3CC[C@]23CC[C@H]13. The van der Waals surface area contributed by atoms with E-state index in [4.69, 9.17) is 0 Å². The van der Waals surface area contributed by atoms with Gasteiger partial charge in [-0.05, 0) is 85.9 Å². The second-order valence-corrected chi connectivity index (χ2v) is 9.50. The van der Waals surface area contributed by atoms with Crippen molar-refractivity contribution >= 4 is 0 Å². The Hall–Kier alpha value is -0.260. The van der Waals surface area contributed by atoms with Gasteiger partial charge in [0.2, 0.25) is 0 Å². The van der Waals surface area contributed by atoms with Crippen molar-refractivity contribution in [2.75, 3.05) is 0 Å². The minimum atomic E-state index is 0.587. The quantitative estimate of drug-likeness (QED) is 0.476. The second kappa shape index (κ2) is 3.93. The molecule has 0 aromatic heterocycles. The molecule has 0 heterocycles. The number of hydrogen-bond donors (Lipinski definition) is 0. The summed E-state index contributed by atoms with van der Waals surface area (Å²) in [5.41, 5.74) is 3.70. The highest BCUT2D eigenvalue weighted by atomic mass is 14.7. The Morgan fingerprint density at radius 3 is 2.40 bits per heavy atom. The van der Waals surface area contributed by atoms with E-state index in [9.17, 15) is 0 Å². The first-order chi connectivity index (χ1) is 9.40. The molecule has 3 saturated carbocycles.